The van der Waals surface area contributed by atoms with Gasteiger partial charge in [0.2, 0.25) is 0 Å². The van der Waals surface area contributed by atoms with Crippen molar-refractivity contribution in [3.63, 3.8) is 0 Å². The predicted octanol–water partition coefficient (Wildman–Crippen LogP) is 3.48. The van der Waals surface area contributed by atoms with Crippen molar-refractivity contribution in [3.8, 4) is 0 Å². The molecule has 0 radical (unpaired) electrons. The molecule has 0 amide bonds. The van der Waals surface area contributed by atoms with E-state index in [1.54, 1.807) is 0 Å². The molecule has 0 aliphatic carbocycles. The highest BCUT2D eigenvalue weighted by molar-refractivity contribution is 7.59. The van der Waals surface area contributed by atoms with Crippen molar-refractivity contribution in [1.29, 1.82) is 0 Å². The molecule has 1 unspecified atom stereocenters. The summed E-state index contributed by atoms with van der Waals surface area (Å²) in [4.78, 5) is 0. The first-order chi connectivity index (χ1) is 6.00. The third kappa shape index (κ3) is 2.98. The Labute approximate surface area is 90.7 Å². The van der Waals surface area contributed by atoms with Crippen molar-refractivity contribution < 1.29 is 0 Å². The van der Waals surface area contributed by atoms with Crippen LogP contribution in [0.1, 0.15) is 16.7 Å². The minimum Gasteiger partial charge on any atom is -0.0520 e. The van der Waals surface area contributed by atoms with Crippen LogP contribution in [-0.4, -0.2) is 4.21 Å². The van der Waals surface area contributed by atoms with Gasteiger partial charge in [0, 0.05) is 0 Å². The average molecular weight is 234 g/mol. The molecule has 0 saturated carbocycles. The highest BCUT2D eigenvalue weighted by Gasteiger charge is 2.09. The molecule has 0 aliphatic heterocycles. The van der Waals surface area contributed by atoms with Gasteiger partial charge in [-0.15, -0.1) is 0 Å². The second kappa shape index (κ2) is 4.46. The van der Waals surface area contributed by atoms with E-state index in [1.165, 1.54) is 22.0 Å². The molecule has 0 bridgehead atoms. The van der Waals surface area contributed by atoms with Crippen LogP contribution in [-0.2, 0) is 0 Å². The molecule has 0 aliphatic rings. The van der Waals surface area contributed by atoms with E-state index in [0.717, 1.165) is 0 Å². The normalized spacial score (nSPS) is 10.5. The van der Waals surface area contributed by atoms with Crippen molar-refractivity contribution >= 4 is 40.9 Å². The van der Waals surface area contributed by atoms with Crippen LogP contribution in [0.25, 0.3) is 0 Å². The zero-order valence-electron chi connectivity index (χ0n) is 7.91. The molecular weight excluding hydrogens is 222 g/mol. The smallest absolute Gasteiger partial charge is 0.0520 e. The monoisotopic (exact) mass is 233 g/mol. The summed E-state index contributed by atoms with van der Waals surface area (Å²) in [5, 5.41) is 1.27. The summed E-state index contributed by atoms with van der Waals surface area (Å²) in [6, 6.07) is 4.32. The fraction of sp³-hybridized carbons (Fsp3) is 0.300. The molecule has 0 spiro atoms. The Hall–Kier alpha value is -0.0300. The summed E-state index contributed by atoms with van der Waals surface area (Å²) < 4.78 is 0.454. The molecular formula is C10H12Cl2P+. The van der Waals surface area contributed by atoms with Gasteiger partial charge in [-0.1, -0.05) is 17.7 Å². The highest BCUT2D eigenvalue weighted by Crippen LogP contribution is 2.15. The molecule has 13 heavy (non-hydrogen) atoms. The lowest BCUT2D eigenvalue weighted by Gasteiger charge is -2.00. The molecule has 1 aromatic rings. The highest BCUT2D eigenvalue weighted by atomic mass is 35.5. The summed E-state index contributed by atoms with van der Waals surface area (Å²) in [7, 11) is 0.402. The molecule has 0 N–H and O–H groups in total. The van der Waals surface area contributed by atoms with Crippen molar-refractivity contribution in [1.82, 2.24) is 0 Å². The van der Waals surface area contributed by atoms with Crippen molar-refractivity contribution in [3.05, 3.63) is 28.8 Å². The zero-order valence-corrected chi connectivity index (χ0v) is 10.4. The van der Waals surface area contributed by atoms with Gasteiger partial charge in [0.15, 0.2) is 13.5 Å². The standard InChI is InChI=1S/C10H11Cl2P/c1-6-4-7(2)9(8(3)5-6)13-10(11)12/h4-5H,1-3H3/p+1. The van der Waals surface area contributed by atoms with E-state index < -0.39 is 0 Å². The fourth-order valence-electron chi connectivity index (χ4n) is 1.47. The molecule has 1 atom stereocenters. The first kappa shape index (κ1) is 11.0. The van der Waals surface area contributed by atoms with Gasteiger partial charge in [-0.3, -0.25) is 0 Å². The van der Waals surface area contributed by atoms with Crippen LogP contribution in [0.5, 0.6) is 0 Å². The lowest BCUT2D eigenvalue weighted by Crippen LogP contribution is -2.04. The van der Waals surface area contributed by atoms with E-state index in [-0.39, 0.29) is 0 Å². The first-order valence-corrected chi connectivity index (χ1v) is 5.79. The summed E-state index contributed by atoms with van der Waals surface area (Å²) in [6.07, 6.45) is 0. The van der Waals surface area contributed by atoms with Crippen LogP contribution in [0.15, 0.2) is 12.1 Å². The second-order valence-electron chi connectivity index (χ2n) is 3.16. The molecule has 0 nitrogen and oxygen atoms in total. The number of aryl methyl sites for hydroxylation is 3. The summed E-state index contributed by atoms with van der Waals surface area (Å²) in [5.41, 5.74) is 3.83. The second-order valence-corrected chi connectivity index (χ2v) is 5.99. The molecule has 1 rings (SSSR count). The van der Waals surface area contributed by atoms with Crippen LogP contribution in [0.4, 0.5) is 0 Å². The van der Waals surface area contributed by atoms with E-state index in [4.69, 9.17) is 23.2 Å². The van der Waals surface area contributed by atoms with E-state index in [2.05, 4.69) is 32.9 Å². The third-order valence-corrected chi connectivity index (χ3v) is 3.69. The van der Waals surface area contributed by atoms with Gasteiger partial charge >= 0.3 is 0 Å². The third-order valence-electron chi connectivity index (χ3n) is 1.90. The molecule has 1 aromatic carbocycles. The van der Waals surface area contributed by atoms with E-state index in [9.17, 15) is 0 Å². The van der Waals surface area contributed by atoms with Gasteiger partial charge in [0.1, 0.15) is 0 Å². The maximum Gasteiger partial charge on any atom is 0.280 e. The minimum atomic E-state index is 0.402. The molecule has 0 saturated heterocycles. The number of benzene rings is 1. The summed E-state index contributed by atoms with van der Waals surface area (Å²) in [5.74, 6) is 0. The Bertz CT molecular complexity index is 329. The summed E-state index contributed by atoms with van der Waals surface area (Å²) in [6.45, 7) is 6.29. The lowest BCUT2D eigenvalue weighted by molar-refractivity contribution is 1.36. The quantitative estimate of drug-likeness (QED) is 0.652. The van der Waals surface area contributed by atoms with Crippen LogP contribution >= 0.6 is 31.4 Å². The molecule has 70 valence electrons. The number of halogens is 2. The largest absolute Gasteiger partial charge is 0.280 e. The van der Waals surface area contributed by atoms with Crippen molar-refractivity contribution in [2.24, 2.45) is 0 Å². The van der Waals surface area contributed by atoms with Gasteiger partial charge in [-0.05, 0) is 55.1 Å². The molecule has 3 heteroatoms. The average Bonchev–Trinajstić information content (AvgIpc) is 1.96. The fourth-order valence-corrected chi connectivity index (χ4v) is 2.77. The number of hydrogen-bond acceptors (Lipinski definition) is 0. The molecule has 0 heterocycles. The predicted molar refractivity (Wildman–Crippen MR) is 65.3 cm³/mol. The Kier molecular flexibility index (Phi) is 3.79. The van der Waals surface area contributed by atoms with Crippen LogP contribution in [0, 0.1) is 20.8 Å². The van der Waals surface area contributed by atoms with Gasteiger partial charge < -0.3 is 0 Å². The zero-order chi connectivity index (χ0) is 10.0. The Morgan fingerprint density at radius 1 is 1.08 bits per heavy atom. The van der Waals surface area contributed by atoms with Gasteiger partial charge in [-0.25, -0.2) is 0 Å². The Morgan fingerprint density at radius 3 is 1.92 bits per heavy atom. The molecule has 0 fully saturated rings. The van der Waals surface area contributed by atoms with Crippen molar-refractivity contribution in [2.75, 3.05) is 0 Å². The van der Waals surface area contributed by atoms with Gasteiger partial charge in [-0.2, -0.15) is 0 Å². The van der Waals surface area contributed by atoms with Crippen LogP contribution in [0.2, 0.25) is 0 Å². The van der Waals surface area contributed by atoms with E-state index in [0.29, 0.717) is 12.4 Å². The Morgan fingerprint density at radius 2 is 1.54 bits per heavy atom. The first-order valence-electron chi connectivity index (χ1n) is 4.03. The molecule has 0 aromatic heterocycles. The van der Waals surface area contributed by atoms with E-state index >= 15 is 0 Å². The van der Waals surface area contributed by atoms with Gasteiger partial charge in [0.25, 0.3) is 4.21 Å². The van der Waals surface area contributed by atoms with Crippen LogP contribution < -0.4 is 5.30 Å². The maximum absolute atomic E-state index is 5.69. The topological polar surface area (TPSA) is 0 Å². The number of hydrogen-bond donors (Lipinski definition) is 0. The van der Waals surface area contributed by atoms with E-state index in [1.807, 2.05) is 0 Å². The van der Waals surface area contributed by atoms with Gasteiger partial charge in [0.05, 0.1) is 0 Å². The minimum absolute atomic E-state index is 0.402. The SMILES string of the molecule is Cc1cc(C)c([PH+]=C(Cl)Cl)c(C)c1. The summed E-state index contributed by atoms with van der Waals surface area (Å²) >= 11 is 11.4. The Balaban J connectivity index is 3.29. The van der Waals surface area contributed by atoms with Crippen LogP contribution in [0.3, 0.4) is 0 Å². The lowest BCUT2D eigenvalue weighted by atomic mass is 10.1. The number of rotatable bonds is 1. The van der Waals surface area contributed by atoms with Crippen molar-refractivity contribution in [2.45, 2.75) is 20.8 Å². The maximum atomic E-state index is 5.69.